The lowest BCUT2D eigenvalue weighted by atomic mass is 9.91. The first-order valence-electron chi connectivity index (χ1n) is 12.4. The Kier molecular flexibility index (Phi) is 8.04. The molecule has 1 aliphatic heterocycles. The summed E-state index contributed by atoms with van der Waals surface area (Å²) in [5.74, 6) is -18.1. The molecule has 44 heavy (non-hydrogen) atoms. The number of benzene rings is 2. The second-order valence-corrected chi connectivity index (χ2v) is 9.53. The minimum atomic E-state index is -4.28. The van der Waals surface area contributed by atoms with Crippen molar-refractivity contribution in [2.45, 2.75) is 37.3 Å². The van der Waals surface area contributed by atoms with E-state index in [1.165, 1.54) is 31.4 Å². The molecule has 0 saturated carbocycles. The Balaban J connectivity index is 1.91. The van der Waals surface area contributed by atoms with Crippen LogP contribution in [0.3, 0.4) is 0 Å². The third kappa shape index (κ3) is 4.94. The van der Waals surface area contributed by atoms with Crippen molar-refractivity contribution in [1.82, 2.24) is 9.78 Å². The number of anilines is 2. The maximum absolute atomic E-state index is 13.9. The lowest BCUT2D eigenvalue weighted by Gasteiger charge is -2.45. The van der Waals surface area contributed by atoms with Gasteiger partial charge in [0.05, 0.1) is 18.4 Å². The number of amides is 3. The Hall–Kier alpha value is -5.18. The predicted molar refractivity (Wildman–Crippen MR) is 143 cm³/mol. The van der Waals surface area contributed by atoms with E-state index in [0.717, 1.165) is 0 Å². The van der Waals surface area contributed by atoms with Gasteiger partial charge in [-0.3, -0.25) is 14.4 Å². The monoisotopic (exact) mass is 621 g/mol. The van der Waals surface area contributed by atoms with Gasteiger partial charge >= 0.3 is 5.91 Å². The maximum atomic E-state index is 13.9. The molecule has 1 aliphatic rings. The van der Waals surface area contributed by atoms with Gasteiger partial charge in [-0.1, -0.05) is 0 Å². The Morgan fingerprint density at radius 3 is 2.07 bits per heavy atom. The summed E-state index contributed by atoms with van der Waals surface area (Å²) in [6.45, 7) is 0. The molecule has 19 nitrogen and oxygen atoms in total. The molecule has 1 aromatic heterocycles. The summed E-state index contributed by atoms with van der Waals surface area (Å²) in [6, 6.07) is 5.38. The van der Waals surface area contributed by atoms with Crippen LogP contribution in [0.4, 0.5) is 11.4 Å². The highest BCUT2D eigenvalue weighted by Gasteiger charge is 2.65. The summed E-state index contributed by atoms with van der Waals surface area (Å²) < 4.78 is 5.71. The average molecular weight is 622 g/mol. The molecule has 3 aromatic rings. The van der Waals surface area contributed by atoms with E-state index in [-0.39, 0.29) is 18.5 Å². The fourth-order valence-electron chi connectivity index (χ4n) is 4.52. The first-order chi connectivity index (χ1) is 20.5. The number of aliphatic hydroxyl groups is 6. The van der Waals surface area contributed by atoms with Crippen molar-refractivity contribution in [3.05, 3.63) is 41.2 Å². The van der Waals surface area contributed by atoms with Gasteiger partial charge in [-0.25, -0.2) is 9.58 Å². The van der Waals surface area contributed by atoms with E-state index in [1.807, 2.05) is 5.32 Å². The van der Waals surface area contributed by atoms with Crippen LogP contribution < -0.4 is 20.7 Å². The van der Waals surface area contributed by atoms with Crippen molar-refractivity contribution in [2.24, 2.45) is 5.73 Å². The van der Waals surface area contributed by atoms with Crippen molar-refractivity contribution in [2.75, 3.05) is 17.3 Å². The molecule has 2 heterocycles. The van der Waals surface area contributed by atoms with Gasteiger partial charge in [0.1, 0.15) is 22.8 Å². The molecule has 0 saturated heterocycles. The van der Waals surface area contributed by atoms with Crippen molar-refractivity contribution in [3.8, 4) is 34.4 Å². The molecule has 0 aliphatic carbocycles. The van der Waals surface area contributed by atoms with Crippen LogP contribution >= 0.6 is 0 Å². The largest absolute Gasteiger partial charge is 0.503 e. The lowest BCUT2D eigenvalue weighted by molar-refractivity contribution is -0.364. The van der Waals surface area contributed by atoms with Crippen LogP contribution in [-0.2, 0) is 10.6 Å². The number of nitrogens with two attached hydrogens (primary N) is 1. The number of primary amides is 1. The highest BCUT2D eigenvalue weighted by molar-refractivity contribution is 6.13. The Morgan fingerprint density at radius 2 is 1.57 bits per heavy atom. The molecule has 4 rings (SSSR count). The summed E-state index contributed by atoms with van der Waals surface area (Å²) >= 11 is 0. The van der Waals surface area contributed by atoms with Gasteiger partial charge in [0.25, 0.3) is 17.6 Å². The number of nitrogens with one attached hydrogen (secondary N) is 1. The molecule has 0 atom stereocenters. The number of aromatic nitrogens is 2. The average Bonchev–Trinajstić information content (AvgIpc) is 3.37. The normalized spacial score (nSPS) is 15.3. The Morgan fingerprint density at radius 1 is 1.00 bits per heavy atom. The molecule has 2 aromatic carbocycles. The fourth-order valence-corrected chi connectivity index (χ4v) is 4.52. The van der Waals surface area contributed by atoms with Gasteiger partial charge in [0, 0.05) is 6.42 Å². The van der Waals surface area contributed by atoms with E-state index >= 15 is 0 Å². The van der Waals surface area contributed by atoms with Crippen molar-refractivity contribution in [1.29, 1.82) is 0 Å². The number of fused-ring (bicyclic) bond motifs is 1. The second kappa shape index (κ2) is 11.1. The second-order valence-electron chi connectivity index (χ2n) is 9.53. The summed E-state index contributed by atoms with van der Waals surface area (Å²) in [7, 11) is 1.36. The van der Waals surface area contributed by atoms with E-state index in [1.54, 1.807) is 0 Å². The maximum Gasteiger partial charge on any atom is 0.315 e. The van der Waals surface area contributed by atoms with Crippen LogP contribution in [0.5, 0.6) is 28.7 Å². The molecular formula is C25H27N5O14. The number of carbonyl (C=O) groups excluding carboxylic acids is 3. The number of nitrogens with zero attached hydrogens (tertiary/aromatic N) is 3. The van der Waals surface area contributed by atoms with Crippen LogP contribution in [0.25, 0.3) is 5.69 Å². The minimum Gasteiger partial charge on any atom is -0.503 e. The number of hydrogen-bond acceptors (Lipinski definition) is 15. The number of methoxy groups -OCH3 is 1. The summed E-state index contributed by atoms with van der Waals surface area (Å²) in [5, 5.41) is 110. The Bertz CT molecular complexity index is 1620. The zero-order chi connectivity index (χ0) is 32.9. The van der Waals surface area contributed by atoms with Crippen LogP contribution in [-0.4, -0.2) is 97.9 Å². The van der Waals surface area contributed by atoms with E-state index < -0.39 is 98.4 Å². The third-order valence-corrected chi connectivity index (χ3v) is 6.69. The summed E-state index contributed by atoms with van der Waals surface area (Å²) in [5.41, 5.74) is -0.346. The molecule has 13 N–H and O–H groups in total. The highest BCUT2D eigenvalue weighted by Crippen LogP contribution is 2.57. The number of aliphatic hydroxyl groups excluding tert-OH is 1. The zero-order valence-corrected chi connectivity index (χ0v) is 22.5. The fraction of sp³-hybridized carbons (Fsp3) is 0.280. The number of carbonyl (C=O) groups is 3. The van der Waals surface area contributed by atoms with Gasteiger partial charge in [-0.2, -0.15) is 5.10 Å². The van der Waals surface area contributed by atoms with E-state index in [4.69, 9.17) is 20.7 Å². The first-order valence-corrected chi connectivity index (χ1v) is 12.4. The van der Waals surface area contributed by atoms with Crippen LogP contribution in [0.2, 0.25) is 0 Å². The smallest absolute Gasteiger partial charge is 0.315 e. The van der Waals surface area contributed by atoms with E-state index in [2.05, 4.69) is 5.10 Å². The van der Waals surface area contributed by atoms with Crippen LogP contribution in [0, 0.1) is 0 Å². The van der Waals surface area contributed by atoms with E-state index in [9.17, 15) is 55.2 Å². The summed E-state index contributed by atoms with van der Waals surface area (Å²) in [6.07, 6.45) is -2.41. The third-order valence-electron chi connectivity index (χ3n) is 6.69. The highest BCUT2D eigenvalue weighted by atomic mass is 16.6. The Labute approximate surface area is 245 Å². The molecule has 0 fully saturated rings. The van der Waals surface area contributed by atoms with Gasteiger partial charge < -0.3 is 66.9 Å². The van der Waals surface area contributed by atoms with Crippen molar-refractivity contribution in [3.63, 3.8) is 0 Å². The zero-order valence-electron chi connectivity index (χ0n) is 22.5. The molecule has 3 amide bonds. The lowest BCUT2D eigenvalue weighted by Crippen LogP contribution is -2.68. The molecule has 0 radical (unpaired) electrons. The summed E-state index contributed by atoms with van der Waals surface area (Å²) in [4.78, 5) is 37.9. The first kappa shape index (κ1) is 31.7. The number of rotatable bonds is 9. The van der Waals surface area contributed by atoms with Crippen molar-refractivity contribution >= 4 is 29.1 Å². The molecule has 19 heteroatoms. The molecule has 0 bridgehead atoms. The number of phenols is 4. The van der Waals surface area contributed by atoms with Gasteiger partial charge in [0.15, 0.2) is 35.0 Å². The number of hydrogen-bond donors (Lipinski definition) is 12. The molecule has 0 spiro atoms. The van der Waals surface area contributed by atoms with Gasteiger partial charge in [-0.15, -0.1) is 0 Å². The molecule has 236 valence electrons. The van der Waals surface area contributed by atoms with E-state index in [0.29, 0.717) is 10.4 Å². The van der Waals surface area contributed by atoms with Crippen molar-refractivity contribution < 1.29 is 70.2 Å². The van der Waals surface area contributed by atoms with Gasteiger partial charge in [0.2, 0.25) is 5.91 Å². The predicted octanol–water partition coefficient (Wildman–Crippen LogP) is -2.34. The molecule has 0 unspecified atom stereocenters. The number of phenolic OH excluding ortho intramolecular Hbond substituents is 4. The topological polar surface area (TPSA) is 322 Å². The standard InChI is InChI=1S/C25H27N5O14/c1-44-10-7-5-9(6-8-10)30-16-13(14(28-30)22(26)38)24(40,41)25(42,43)29(23(16)39)17-20(36)18(34)15(19(35)21(17)37)27-11(31)3-2-4-12(32)33/h5-8,12,32-37,40-43H,2-4H2,1H3,(H2,26,38)(H,27,31). The number of ether oxygens (including phenoxy) is 1. The number of aromatic hydroxyl groups is 4. The quantitative estimate of drug-likeness (QED) is 0.0676. The minimum absolute atomic E-state index is 0.0343. The van der Waals surface area contributed by atoms with Crippen LogP contribution in [0.15, 0.2) is 24.3 Å². The van der Waals surface area contributed by atoms with Crippen LogP contribution in [0.1, 0.15) is 45.8 Å². The van der Waals surface area contributed by atoms with Gasteiger partial charge in [-0.05, 0) is 37.1 Å². The SMILES string of the molecule is COc1ccc(-n2nc(C(N)=O)c3c2C(=O)N(c2c(O)c(O)c(NC(=O)CCCC(O)O)c(O)c2O)C(O)(O)C3(O)O)cc1. The molecular weight excluding hydrogens is 594 g/mol.